The van der Waals surface area contributed by atoms with Crippen molar-refractivity contribution < 1.29 is 17.9 Å². The van der Waals surface area contributed by atoms with E-state index in [4.69, 9.17) is 4.74 Å². The van der Waals surface area contributed by atoms with Crippen LogP contribution in [0, 0.1) is 17.7 Å². The first-order chi connectivity index (χ1) is 12.9. The van der Waals surface area contributed by atoms with E-state index in [1.54, 1.807) is 24.3 Å². The zero-order chi connectivity index (χ0) is 19.4. The van der Waals surface area contributed by atoms with Gasteiger partial charge in [0.15, 0.2) is 11.6 Å². The number of hydrogen-bond donors (Lipinski definition) is 0. The van der Waals surface area contributed by atoms with Gasteiger partial charge in [-0.25, -0.2) is 4.39 Å². The number of rotatable bonds is 7. The van der Waals surface area contributed by atoms with Gasteiger partial charge in [0.2, 0.25) is 0 Å². The lowest BCUT2D eigenvalue weighted by Crippen LogP contribution is -2.37. The lowest BCUT2D eigenvalue weighted by Gasteiger charge is -2.33. The highest BCUT2D eigenvalue weighted by Crippen LogP contribution is 2.42. The Hall–Kier alpha value is -2.23. The summed E-state index contributed by atoms with van der Waals surface area (Å²) in [7, 11) is 0. The van der Waals surface area contributed by atoms with Crippen molar-refractivity contribution in [3.8, 4) is 5.75 Å². The molecule has 0 N–H and O–H groups in total. The molecule has 0 atom stereocenters. The van der Waals surface area contributed by atoms with Gasteiger partial charge in [-0.05, 0) is 79.0 Å². The minimum atomic E-state index is -3.38. The van der Waals surface area contributed by atoms with Gasteiger partial charge in [-0.1, -0.05) is 30.9 Å². The second kappa shape index (κ2) is 8.20. The van der Waals surface area contributed by atoms with Gasteiger partial charge in [0, 0.05) is 0 Å². The first-order valence-electron chi connectivity index (χ1n) is 9.46. The van der Waals surface area contributed by atoms with E-state index in [1.807, 2.05) is 6.08 Å². The Labute approximate surface area is 158 Å². The van der Waals surface area contributed by atoms with Crippen molar-refractivity contribution in [2.24, 2.45) is 11.8 Å². The van der Waals surface area contributed by atoms with E-state index < -0.39 is 23.6 Å². The fourth-order valence-electron chi connectivity index (χ4n) is 3.84. The molecule has 0 unspecified atom stereocenters. The number of ether oxygens (including phenoxy) is 1. The molecule has 3 rings (SSSR count). The number of halogens is 3. The van der Waals surface area contributed by atoms with E-state index in [1.165, 1.54) is 12.1 Å². The molecule has 4 heteroatoms. The van der Waals surface area contributed by atoms with Crippen LogP contribution in [0.2, 0.25) is 0 Å². The Morgan fingerprint density at radius 3 is 2.44 bits per heavy atom. The topological polar surface area (TPSA) is 9.23 Å². The van der Waals surface area contributed by atoms with Gasteiger partial charge in [0.1, 0.15) is 0 Å². The molecule has 2 aromatic rings. The van der Waals surface area contributed by atoms with Gasteiger partial charge in [0.25, 0.3) is 0 Å². The predicted molar refractivity (Wildman–Crippen MR) is 104 cm³/mol. The first-order valence-corrected chi connectivity index (χ1v) is 9.46. The summed E-state index contributed by atoms with van der Waals surface area (Å²) in [5.74, 6) is -1.59. The molecule has 1 aliphatic carbocycles. The highest BCUT2D eigenvalue weighted by Gasteiger charge is 2.44. The third-order valence-electron chi connectivity index (χ3n) is 5.50. The highest BCUT2D eigenvalue weighted by atomic mass is 19.3. The zero-order valence-electron chi connectivity index (χ0n) is 15.4. The van der Waals surface area contributed by atoms with Crippen LogP contribution in [0.1, 0.15) is 44.1 Å². The standard InChI is InChI=1S/C23H25F3O/c1-3-5-6-17-8-11-20(12-9-17)23(25,26)27-22-15-18-10-7-16(4-2)13-19(18)14-21(22)24/h3-4,7,10,13-15,17,20H,1-2,5-6,8-9,11-12H2. The summed E-state index contributed by atoms with van der Waals surface area (Å²) < 4.78 is 48.6. The van der Waals surface area contributed by atoms with E-state index in [0.29, 0.717) is 29.5 Å². The normalized spacial score (nSPS) is 20.4. The summed E-state index contributed by atoms with van der Waals surface area (Å²) >= 11 is 0. The number of allylic oxidation sites excluding steroid dienone is 1. The van der Waals surface area contributed by atoms with Crippen molar-refractivity contribution in [1.82, 2.24) is 0 Å². The molecule has 1 saturated carbocycles. The van der Waals surface area contributed by atoms with Crippen LogP contribution in [0.15, 0.2) is 49.6 Å². The minimum absolute atomic E-state index is 0.396. The second-order valence-corrected chi connectivity index (χ2v) is 7.34. The van der Waals surface area contributed by atoms with E-state index in [-0.39, 0.29) is 0 Å². The van der Waals surface area contributed by atoms with E-state index in [2.05, 4.69) is 13.2 Å². The largest absolute Gasteiger partial charge is 0.429 e. The zero-order valence-corrected chi connectivity index (χ0v) is 15.4. The molecule has 0 aliphatic heterocycles. The average Bonchev–Trinajstić information content (AvgIpc) is 2.66. The van der Waals surface area contributed by atoms with Crippen LogP contribution in [0.4, 0.5) is 13.2 Å². The molecule has 0 heterocycles. The maximum atomic E-state index is 14.7. The Bertz CT molecular complexity index is 820. The van der Waals surface area contributed by atoms with E-state index in [0.717, 1.165) is 31.2 Å². The molecule has 0 aromatic heterocycles. The van der Waals surface area contributed by atoms with Crippen LogP contribution < -0.4 is 4.74 Å². The second-order valence-electron chi connectivity index (χ2n) is 7.34. The summed E-state index contributed by atoms with van der Waals surface area (Å²) in [5.41, 5.74) is 0.842. The van der Waals surface area contributed by atoms with Crippen molar-refractivity contribution in [3.05, 3.63) is 60.9 Å². The third kappa shape index (κ3) is 4.55. The van der Waals surface area contributed by atoms with E-state index in [9.17, 15) is 13.2 Å². The Balaban J connectivity index is 1.72. The van der Waals surface area contributed by atoms with E-state index >= 15 is 0 Å². The van der Waals surface area contributed by atoms with Crippen LogP contribution in [0.25, 0.3) is 16.8 Å². The monoisotopic (exact) mass is 374 g/mol. The number of alkyl halides is 2. The summed E-state index contributed by atoms with van der Waals surface area (Å²) in [6.07, 6.45) is 4.35. The van der Waals surface area contributed by atoms with Gasteiger partial charge in [-0.2, -0.15) is 8.78 Å². The van der Waals surface area contributed by atoms with Crippen LogP contribution in [0.5, 0.6) is 5.75 Å². The Kier molecular flexibility index (Phi) is 5.93. The van der Waals surface area contributed by atoms with Gasteiger partial charge < -0.3 is 4.74 Å². The molecule has 1 fully saturated rings. The molecule has 0 spiro atoms. The minimum Gasteiger partial charge on any atom is -0.429 e. The summed E-state index contributed by atoms with van der Waals surface area (Å²) in [6, 6.07) is 7.90. The molecule has 0 bridgehead atoms. The van der Waals surface area contributed by atoms with Gasteiger partial charge in [0.05, 0.1) is 5.92 Å². The SMILES string of the molecule is C=CCCC1CCC(C(F)(F)Oc2cc3ccc(C=C)cc3cc2F)CC1. The molecule has 144 valence electrons. The van der Waals surface area contributed by atoms with Gasteiger partial charge in [-0.15, -0.1) is 6.58 Å². The lowest BCUT2D eigenvalue weighted by atomic mass is 9.79. The number of hydrogen-bond acceptors (Lipinski definition) is 1. The molecular formula is C23H25F3O. The lowest BCUT2D eigenvalue weighted by molar-refractivity contribution is -0.224. The van der Waals surface area contributed by atoms with Gasteiger partial charge >= 0.3 is 6.11 Å². The van der Waals surface area contributed by atoms with Crippen molar-refractivity contribution in [2.75, 3.05) is 0 Å². The number of fused-ring (bicyclic) bond motifs is 1. The van der Waals surface area contributed by atoms with Crippen molar-refractivity contribution in [3.63, 3.8) is 0 Å². The van der Waals surface area contributed by atoms with Crippen molar-refractivity contribution in [2.45, 2.75) is 44.6 Å². The molecule has 0 saturated heterocycles. The summed E-state index contributed by atoms with van der Waals surface area (Å²) in [4.78, 5) is 0. The van der Waals surface area contributed by atoms with Gasteiger partial charge in [-0.3, -0.25) is 0 Å². The molecule has 1 nitrogen and oxygen atoms in total. The first kappa shape index (κ1) is 19.5. The van der Waals surface area contributed by atoms with Crippen molar-refractivity contribution in [1.29, 1.82) is 0 Å². The molecule has 0 amide bonds. The molecule has 27 heavy (non-hydrogen) atoms. The molecule has 0 radical (unpaired) electrons. The number of benzene rings is 2. The third-order valence-corrected chi connectivity index (χ3v) is 5.50. The predicted octanol–water partition coefficient (Wildman–Crippen LogP) is 7.37. The van der Waals surface area contributed by atoms with Crippen LogP contribution in [0.3, 0.4) is 0 Å². The Morgan fingerprint density at radius 1 is 1.04 bits per heavy atom. The fraction of sp³-hybridized carbons (Fsp3) is 0.391. The Morgan fingerprint density at radius 2 is 1.78 bits per heavy atom. The summed E-state index contributed by atoms with van der Waals surface area (Å²) in [6.45, 7) is 7.38. The molecular weight excluding hydrogens is 349 g/mol. The molecule has 1 aliphatic rings. The quantitative estimate of drug-likeness (QED) is 0.460. The maximum absolute atomic E-state index is 14.7. The summed E-state index contributed by atoms with van der Waals surface area (Å²) in [5, 5.41) is 1.28. The van der Waals surface area contributed by atoms with Crippen molar-refractivity contribution >= 4 is 16.8 Å². The smallest absolute Gasteiger partial charge is 0.400 e. The fourth-order valence-corrected chi connectivity index (χ4v) is 3.84. The van der Waals surface area contributed by atoms with Crippen LogP contribution >= 0.6 is 0 Å². The van der Waals surface area contributed by atoms with Crippen LogP contribution in [-0.4, -0.2) is 6.11 Å². The average molecular weight is 374 g/mol. The highest BCUT2D eigenvalue weighted by molar-refractivity contribution is 5.86. The van der Waals surface area contributed by atoms with Crippen LogP contribution in [-0.2, 0) is 0 Å². The molecule has 2 aromatic carbocycles. The maximum Gasteiger partial charge on any atom is 0.400 e.